The van der Waals surface area contributed by atoms with Crippen LogP contribution in [0.4, 0.5) is 10.1 Å². The van der Waals surface area contributed by atoms with Gasteiger partial charge in [-0.3, -0.25) is 4.79 Å². The van der Waals surface area contributed by atoms with Crippen molar-refractivity contribution in [2.75, 3.05) is 5.32 Å². The van der Waals surface area contributed by atoms with Gasteiger partial charge in [-0.05, 0) is 53.0 Å². The van der Waals surface area contributed by atoms with E-state index in [9.17, 15) is 9.18 Å². The third-order valence-corrected chi connectivity index (χ3v) is 3.97. The van der Waals surface area contributed by atoms with E-state index in [1.165, 1.54) is 12.1 Å². The van der Waals surface area contributed by atoms with Gasteiger partial charge in [0.15, 0.2) is 0 Å². The SMILES string of the molecule is Cc1cc(F)c(Br)cc1NC(=O)C(C)(N)c1ccccc1. The highest BCUT2D eigenvalue weighted by Crippen LogP contribution is 2.26. The van der Waals surface area contributed by atoms with E-state index in [-0.39, 0.29) is 11.7 Å². The van der Waals surface area contributed by atoms with Crippen LogP contribution in [-0.2, 0) is 10.3 Å². The monoisotopic (exact) mass is 350 g/mol. The minimum absolute atomic E-state index is 0.293. The Morgan fingerprint density at radius 1 is 1.29 bits per heavy atom. The second-order valence-electron chi connectivity index (χ2n) is 5.10. The first-order chi connectivity index (χ1) is 9.82. The molecule has 0 saturated carbocycles. The maximum Gasteiger partial charge on any atom is 0.248 e. The molecule has 21 heavy (non-hydrogen) atoms. The molecule has 0 aliphatic rings. The molecule has 1 atom stereocenters. The number of nitrogens with one attached hydrogen (secondary N) is 1. The van der Waals surface area contributed by atoms with Gasteiger partial charge < -0.3 is 11.1 Å². The smallest absolute Gasteiger partial charge is 0.248 e. The third-order valence-electron chi connectivity index (χ3n) is 3.36. The standard InChI is InChI=1S/C16H16BrFN2O/c1-10-8-13(18)12(17)9-14(10)20-15(21)16(2,19)11-6-4-3-5-7-11/h3-9H,19H2,1-2H3,(H,20,21). The average molecular weight is 351 g/mol. The number of hydrogen-bond donors (Lipinski definition) is 2. The van der Waals surface area contributed by atoms with Crippen LogP contribution in [0.1, 0.15) is 18.1 Å². The summed E-state index contributed by atoms with van der Waals surface area (Å²) in [6.07, 6.45) is 0. The van der Waals surface area contributed by atoms with Crippen molar-refractivity contribution in [3.05, 3.63) is 63.9 Å². The number of amides is 1. The summed E-state index contributed by atoms with van der Waals surface area (Å²) in [5.41, 5.74) is 6.85. The molecule has 110 valence electrons. The summed E-state index contributed by atoms with van der Waals surface area (Å²) in [5, 5.41) is 2.76. The van der Waals surface area contributed by atoms with E-state index in [0.717, 1.165) is 0 Å². The molecule has 2 aromatic rings. The van der Waals surface area contributed by atoms with Crippen LogP contribution in [0.3, 0.4) is 0 Å². The van der Waals surface area contributed by atoms with Gasteiger partial charge in [0.1, 0.15) is 11.4 Å². The number of nitrogens with two attached hydrogens (primary N) is 1. The first kappa shape index (κ1) is 15.7. The number of rotatable bonds is 3. The quantitative estimate of drug-likeness (QED) is 0.886. The Hall–Kier alpha value is -1.72. The molecule has 0 aliphatic carbocycles. The lowest BCUT2D eigenvalue weighted by molar-refractivity contribution is -0.120. The molecule has 0 spiro atoms. The molecule has 0 heterocycles. The van der Waals surface area contributed by atoms with Crippen molar-refractivity contribution in [2.24, 2.45) is 5.73 Å². The minimum Gasteiger partial charge on any atom is -0.324 e. The lowest BCUT2D eigenvalue weighted by Gasteiger charge is -2.24. The van der Waals surface area contributed by atoms with Gasteiger partial charge in [0.05, 0.1) is 4.47 Å². The Kier molecular flexibility index (Phi) is 4.44. The zero-order chi connectivity index (χ0) is 15.6. The molecule has 1 unspecified atom stereocenters. The summed E-state index contributed by atoms with van der Waals surface area (Å²) in [6.45, 7) is 3.37. The zero-order valence-electron chi connectivity index (χ0n) is 11.8. The number of carbonyl (C=O) groups excluding carboxylic acids is 1. The summed E-state index contributed by atoms with van der Waals surface area (Å²) < 4.78 is 13.7. The van der Waals surface area contributed by atoms with Crippen LogP contribution >= 0.6 is 15.9 Å². The van der Waals surface area contributed by atoms with E-state index in [1.807, 2.05) is 18.2 Å². The highest BCUT2D eigenvalue weighted by Gasteiger charge is 2.30. The highest BCUT2D eigenvalue weighted by molar-refractivity contribution is 9.10. The van der Waals surface area contributed by atoms with Crippen LogP contribution in [0.5, 0.6) is 0 Å². The van der Waals surface area contributed by atoms with Gasteiger partial charge >= 0.3 is 0 Å². The molecule has 3 N–H and O–H groups in total. The van der Waals surface area contributed by atoms with Crippen LogP contribution in [0.2, 0.25) is 0 Å². The first-order valence-electron chi connectivity index (χ1n) is 6.44. The highest BCUT2D eigenvalue weighted by atomic mass is 79.9. The molecule has 0 aromatic heterocycles. The van der Waals surface area contributed by atoms with Crippen molar-refractivity contribution in [1.29, 1.82) is 0 Å². The lowest BCUT2D eigenvalue weighted by Crippen LogP contribution is -2.45. The largest absolute Gasteiger partial charge is 0.324 e. The van der Waals surface area contributed by atoms with E-state index in [4.69, 9.17) is 5.73 Å². The first-order valence-corrected chi connectivity index (χ1v) is 7.23. The van der Waals surface area contributed by atoms with E-state index >= 15 is 0 Å². The summed E-state index contributed by atoms with van der Waals surface area (Å²) >= 11 is 3.11. The van der Waals surface area contributed by atoms with E-state index < -0.39 is 5.54 Å². The van der Waals surface area contributed by atoms with Gasteiger partial charge in [-0.25, -0.2) is 4.39 Å². The average Bonchev–Trinajstić information content (AvgIpc) is 2.45. The number of hydrogen-bond acceptors (Lipinski definition) is 2. The Bertz CT molecular complexity index is 671. The lowest BCUT2D eigenvalue weighted by atomic mass is 9.92. The van der Waals surface area contributed by atoms with Crippen LogP contribution < -0.4 is 11.1 Å². The van der Waals surface area contributed by atoms with Gasteiger partial charge in [0, 0.05) is 5.69 Å². The number of aryl methyl sites for hydroxylation is 1. The molecule has 0 saturated heterocycles. The fourth-order valence-corrected chi connectivity index (χ4v) is 2.29. The topological polar surface area (TPSA) is 55.1 Å². The van der Waals surface area contributed by atoms with Crippen molar-refractivity contribution < 1.29 is 9.18 Å². The van der Waals surface area contributed by atoms with Crippen LogP contribution in [0.25, 0.3) is 0 Å². The second kappa shape index (κ2) is 5.95. The van der Waals surface area contributed by atoms with Crippen LogP contribution in [0.15, 0.2) is 46.9 Å². The molecule has 3 nitrogen and oxygen atoms in total. The molecule has 0 bridgehead atoms. The zero-order valence-corrected chi connectivity index (χ0v) is 13.4. The predicted octanol–water partition coefficient (Wildman–Crippen LogP) is 3.71. The van der Waals surface area contributed by atoms with Crippen LogP contribution in [-0.4, -0.2) is 5.91 Å². The number of halogens is 2. The third kappa shape index (κ3) is 3.31. The van der Waals surface area contributed by atoms with Crippen molar-refractivity contribution in [2.45, 2.75) is 19.4 Å². The Balaban J connectivity index is 2.28. The summed E-state index contributed by atoms with van der Waals surface area (Å²) in [4.78, 5) is 12.4. The van der Waals surface area contributed by atoms with Crippen molar-refractivity contribution >= 4 is 27.5 Å². The second-order valence-corrected chi connectivity index (χ2v) is 5.96. The fourth-order valence-electron chi connectivity index (χ4n) is 1.95. The molecule has 2 rings (SSSR count). The Labute approximate surface area is 131 Å². The summed E-state index contributed by atoms with van der Waals surface area (Å²) in [7, 11) is 0. The molecule has 2 aromatic carbocycles. The minimum atomic E-state index is -1.17. The van der Waals surface area contributed by atoms with Gasteiger partial charge in [-0.15, -0.1) is 0 Å². The fraction of sp³-hybridized carbons (Fsp3) is 0.188. The Morgan fingerprint density at radius 3 is 2.52 bits per heavy atom. The maximum absolute atomic E-state index is 13.4. The molecular formula is C16H16BrFN2O. The number of carbonyl (C=O) groups is 1. The Morgan fingerprint density at radius 2 is 1.90 bits per heavy atom. The molecule has 1 amide bonds. The molecule has 0 radical (unpaired) electrons. The van der Waals surface area contributed by atoms with Gasteiger partial charge in [-0.1, -0.05) is 30.3 Å². The summed E-state index contributed by atoms with van der Waals surface area (Å²) in [6, 6.07) is 12.0. The van der Waals surface area contributed by atoms with Gasteiger partial charge in [-0.2, -0.15) is 0 Å². The van der Waals surface area contributed by atoms with E-state index in [1.54, 1.807) is 26.0 Å². The summed E-state index contributed by atoms with van der Waals surface area (Å²) in [5.74, 6) is -0.723. The van der Waals surface area contributed by atoms with Crippen LogP contribution in [0, 0.1) is 12.7 Å². The van der Waals surface area contributed by atoms with E-state index in [0.29, 0.717) is 21.3 Å². The maximum atomic E-state index is 13.4. The van der Waals surface area contributed by atoms with E-state index in [2.05, 4.69) is 21.2 Å². The van der Waals surface area contributed by atoms with Gasteiger partial charge in [0.2, 0.25) is 5.91 Å². The van der Waals surface area contributed by atoms with Crippen molar-refractivity contribution in [3.63, 3.8) is 0 Å². The predicted molar refractivity (Wildman–Crippen MR) is 85.4 cm³/mol. The molecular weight excluding hydrogens is 335 g/mol. The van der Waals surface area contributed by atoms with Gasteiger partial charge in [0.25, 0.3) is 0 Å². The van der Waals surface area contributed by atoms with Crippen molar-refractivity contribution in [1.82, 2.24) is 0 Å². The van der Waals surface area contributed by atoms with Crippen molar-refractivity contribution in [3.8, 4) is 0 Å². The number of anilines is 1. The molecule has 5 heteroatoms. The number of benzene rings is 2. The molecule has 0 aliphatic heterocycles. The molecule has 0 fully saturated rings. The normalized spacial score (nSPS) is 13.6.